The number of piperidine rings is 1. The smallest absolute Gasteiger partial charge is 0.306 e. The third-order valence-electron chi connectivity index (χ3n) is 5.54. The van der Waals surface area contributed by atoms with Crippen molar-refractivity contribution in [2.45, 2.75) is 58.9 Å². The monoisotopic (exact) mass is 389 g/mol. The average Bonchev–Trinajstić information content (AvgIpc) is 2.66. The molecule has 0 saturated carbocycles. The normalized spacial score (nSPS) is 16.1. The van der Waals surface area contributed by atoms with Crippen molar-refractivity contribution in [1.29, 1.82) is 0 Å². The van der Waals surface area contributed by atoms with Crippen LogP contribution >= 0.6 is 0 Å². The second-order valence-electron chi connectivity index (χ2n) is 8.28. The number of anilines is 2. The van der Waals surface area contributed by atoms with Gasteiger partial charge in [0.25, 0.3) is 0 Å². The van der Waals surface area contributed by atoms with Gasteiger partial charge in [-0.25, -0.2) is 0 Å². The molecule has 0 spiro atoms. The zero-order valence-corrected chi connectivity index (χ0v) is 17.9. The van der Waals surface area contributed by atoms with Crippen LogP contribution in [0.25, 0.3) is 0 Å². The predicted octanol–water partition coefficient (Wildman–Crippen LogP) is 3.41. The van der Waals surface area contributed by atoms with Crippen LogP contribution in [-0.4, -0.2) is 49.6 Å². The lowest BCUT2D eigenvalue weighted by Crippen LogP contribution is -2.47. The number of carbonyl (C=O) groups is 2. The largest absolute Gasteiger partial charge is 0.469 e. The number of benzene rings is 1. The third kappa shape index (κ3) is 5.63. The molecule has 0 aromatic heterocycles. The average molecular weight is 390 g/mol. The molecule has 28 heavy (non-hydrogen) atoms. The SMILES string of the molecule is COC(=O)C[C@@H](C)c1ccc(N(CC(C)C)C2CCN(C(C)=O)CC2)c(N)c1. The van der Waals surface area contributed by atoms with Crippen molar-refractivity contribution in [2.75, 3.05) is 37.4 Å². The van der Waals surface area contributed by atoms with Crippen LogP contribution in [0.15, 0.2) is 18.2 Å². The Morgan fingerprint density at radius 1 is 1.25 bits per heavy atom. The Kier molecular flexibility index (Phi) is 7.72. The first-order chi connectivity index (χ1) is 13.2. The van der Waals surface area contributed by atoms with Gasteiger partial charge in [0.1, 0.15) is 0 Å². The quantitative estimate of drug-likeness (QED) is 0.571. The van der Waals surface area contributed by atoms with E-state index in [0.717, 1.165) is 49.4 Å². The minimum absolute atomic E-state index is 0.0566. The van der Waals surface area contributed by atoms with Gasteiger partial charge in [0.2, 0.25) is 5.91 Å². The van der Waals surface area contributed by atoms with Gasteiger partial charge in [-0.05, 0) is 42.4 Å². The molecular weight excluding hydrogens is 354 g/mol. The number of esters is 1. The van der Waals surface area contributed by atoms with E-state index in [1.54, 1.807) is 6.92 Å². The van der Waals surface area contributed by atoms with Gasteiger partial charge >= 0.3 is 5.97 Å². The van der Waals surface area contributed by atoms with E-state index in [-0.39, 0.29) is 17.8 Å². The molecule has 0 aliphatic carbocycles. The number of nitrogens with zero attached hydrogens (tertiary/aromatic N) is 2. The molecule has 1 atom stereocenters. The van der Waals surface area contributed by atoms with Gasteiger partial charge in [0.15, 0.2) is 0 Å². The number of rotatable bonds is 7. The standard InChI is InChI=1S/C22H35N3O3/c1-15(2)14-25(19-8-10-24(11-9-19)17(4)26)21-7-6-18(13-20(21)23)16(3)12-22(27)28-5/h6-7,13,15-16,19H,8-12,14,23H2,1-5H3/t16-/m1/s1. The fourth-order valence-electron chi connectivity index (χ4n) is 3.92. The summed E-state index contributed by atoms with van der Waals surface area (Å²) >= 11 is 0. The lowest BCUT2D eigenvalue weighted by molar-refractivity contribution is -0.141. The molecule has 1 fully saturated rings. The Labute approximate surface area is 169 Å². The minimum atomic E-state index is -0.214. The zero-order chi connectivity index (χ0) is 20.8. The van der Waals surface area contributed by atoms with Crippen molar-refractivity contribution in [2.24, 2.45) is 5.92 Å². The highest BCUT2D eigenvalue weighted by atomic mass is 16.5. The summed E-state index contributed by atoms with van der Waals surface area (Å²) in [5.41, 5.74) is 9.29. The van der Waals surface area contributed by atoms with Crippen molar-refractivity contribution in [3.63, 3.8) is 0 Å². The lowest BCUT2D eigenvalue weighted by atomic mass is 9.95. The van der Waals surface area contributed by atoms with E-state index in [9.17, 15) is 9.59 Å². The van der Waals surface area contributed by atoms with Gasteiger partial charge in [0.05, 0.1) is 24.9 Å². The van der Waals surface area contributed by atoms with Crippen molar-refractivity contribution in [3.05, 3.63) is 23.8 Å². The number of nitrogen functional groups attached to an aromatic ring is 1. The highest BCUT2D eigenvalue weighted by molar-refractivity contribution is 5.74. The van der Waals surface area contributed by atoms with Crippen LogP contribution < -0.4 is 10.6 Å². The van der Waals surface area contributed by atoms with Crippen LogP contribution in [0.1, 0.15) is 58.4 Å². The maximum atomic E-state index is 11.6. The summed E-state index contributed by atoms with van der Waals surface area (Å²) in [6.07, 6.45) is 2.24. The minimum Gasteiger partial charge on any atom is -0.469 e. The van der Waals surface area contributed by atoms with Crippen molar-refractivity contribution in [1.82, 2.24) is 4.90 Å². The first-order valence-electron chi connectivity index (χ1n) is 10.2. The number of carbonyl (C=O) groups excluding carboxylic acids is 2. The molecule has 2 rings (SSSR count). The molecule has 156 valence electrons. The number of likely N-dealkylation sites (tertiary alicyclic amines) is 1. The van der Waals surface area contributed by atoms with Crippen LogP contribution in [0, 0.1) is 5.92 Å². The number of amides is 1. The Morgan fingerprint density at radius 3 is 2.39 bits per heavy atom. The predicted molar refractivity (Wildman–Crippen MR) is 113 cm³/mol. The number of hydrogen-bond donors (Lipinski definition) is 1. The summed E-state index contributed by atoms with van der Waals surface area (Å²) in [6.45, 7) is 10.6. The van der Waals surface area contributed by atoms with Crippen LogP contribution in [-0.2, 0) is 14.3 Å². The molecule has 6 heteroatoms. The van der Waals surface area contributed by atoms with Crippen LogP contribution in [0.4, 0.5) is 11.4 Å². The fraction of sp³-hybridized carbons (Fsp3) is 0.636. The molecule has 1 aliphatic rings. The molecule has 2 N–H and O–H groups in total. The molecule has 1 aromatic carbocycles. The van der Waals surface area contributed by atoms with E-state index in [1.807, 2.05) is 17.9 Å². The van der Waals surface area contributed by atoms with Crippen LogP contribution in [0.3, 0.4) is 0 Å². The molecule has 0 bridgehead atoms. The van der Waals surface area contributed by atoms with Gasteiger partial charge in [0, 0.05) is 32.6 Å². The summed E-state index contributed by atoms with van der Waals surface area (Å²) in [7, 11) is 1.41. The van der Waals surface area contributed by atoms with E-state index in [2.05, 4.69) is 30.9 Å². The topological polar surface area (TPSA) is 75.9 Å². The van der Waals surface area contributed by atoms with Gasteiger partial charge in [-0.1, -0.05) is 26.8 Å². The summed E-state index contributed by atoms with van der Waals surface area (Å²) in [5, 5.41) is 0. The summed E-state index contributed by atoms with van der Waals surface area (Å²) < 4.78 is 4.78. The summed E-state index contributed by atoms with van der Waals surface area (Å²) in [6, 6.07) is 6.51. The second-order valence-corrected chi connectivity index (χ2v) is 8.28. The Hall–Kier alpha value is -2.24. The Balaban J connectivity index is 2.19. The molecule has 0 radical (unpaired) electrons. The third-order valence-corrected chi connectivity index (χ3v) is 5.54. The van der Waals surface area contributed by atoms with Crippen molar-refractivity contribution in [3.8, 4) is 0 Å². The van der Waals surface area contributed by atoms with E-state index in [4.69, 9.17) is 10.5 Å². The van der Waals surface area contributed by atoms with Crippen molar-refractivity contribution < 1.29 is 14.3 Å². The fourth-order valence-corrected chi connectivity index (χ4v) is 3.92. The van der Waals surface area contributed by atoms with E-state index >= 15 is 0 Å². The summed E-state index contributed by atoms with van der Waals surface area (Å²) in [4.78, 5) is 27.5. The zero-order valence-electron chi connectivity index (χ0n) is 17.9. The molecule has 1 heterocycles. The van der Waals surface area contributed by atoms with Gasteiger partial charge < -0.3 is 20.3 Å². The Bertz CT molecular complexity index is 682. The van der Waals surface area contributed by atoms with Crippen LogP contribution in [0.2, 0.25) is 0 Å². The first kappa shape index (κ1) is 22.1. The molecule has 1 aliphatic heterocycles. The van der Waals surface area contributed by atoms with E-state index in [0.29, 0.717) is 18.4 Å². The van der Waals surface area contributed by atoms with E-state index in [1.165, 1.54) is 7.11 Å². The van der Waals surface area contributed by atoms with Gasteiger partial charge in [-0.15, -0.1) is 0 Å². The van der Waals surface area contributed by atoms with Gasteiger partial charge in [-0.2, -0.15) is 0 Å². The maximum Gasteiger partial charge on any atom is 0.306 e. The van der Waals surface area contributed by atoms with Crippen LogP contribution in [0.5, 0.6) is 0 Å². The number of ether oxygens (including phenoxy) is 1. The summed E-state index contributed by atoms with van der Waals surface area (Å²) in [5.74, 6) is 0.496. The molecular formula is C22H35N3O3. The highest BCUT2D eigenvalue weighted by Gasteiger charge is 2.27. The highest BCUT2D eigenvalue weighted by Crippen LogP contribution is 2.33. The number of methoxy groups -OCH3 is 1. The Morgan fingerprint density at radius 2 is 1.89 bits per heavy atom. The molecule has 6 nitrogen and oxygen atoms in total. The number of hydrogen-bond acceptors (Lipinski definition) is 5. The number of nitrogens with two attached hydrogens (primary N) is 1. The molecule has 0 unspecified atom stereocenters. The first-order valence-corrected chi connectivity index (χ1v) is 10.2. The van der Waals surface area contributed by atoms with Gasteiger partial charge in [-0.3, -0.25) is 9.59 Å². The second kappa shape index (κ2) is 9.80. The molecule has 1 aromatic rings. The molecule has 1 amide bonds. The van der Waals surface area contributed by atoms with Crippen molar-refractivity contribution >= 4 is 23.3 Å². The lowest BCUT2D eigenvalue weighted by Gasteiger charge is -2.41. The molecule has 1 saturated heterocycles. The van der Waals surface area contributed by atoms with E-state index < -0.39 is 0 Å². The maximum absolute atomic E-state index is 11.6.